The molecule has 0 aliphatic heterocycles. The first-order valence-corrected chi connectivity index (χ1v) is 24.0. The third-order valence-corrected chi connectivity index (χ3v) is 9.86. The summed E-state index contributed by atoms with van der Waals surface area (Å²) in [6, 6.07) is 9.75. The van der Waals surface area contributed by atoms with E-state index in [1.807, 2.05) is 44.3 Å². The maximum atomic E-state index is 12.2. The number of hydrogen-bond acceptors (Lipinski definition) is 17. The van der Waals surface area contributed by atoms with Crippen molar-refractivity contribution < 1.29 is 55.6 Å². The highest BCUT2D eigenvalue weighted by Crippen LogP contribution is 2.23. The highest BCUT2D eigenvalue weighted by molar-refractivity contribution is 14.1. The first-order valence-electron chi connectivity index (χ1n) is 22.5. The Labute approximate surface area is 428 Å². The summed E-state index contributed by atoms with van der Waals surface area (Å²) in [6.07, 6.45) is 17.8. The van der Waals surface area contributed by atoms with E-state index in [1.54, 1.807) is 53.7 Å². The van der Waals surface area contributed by atoms with Crippen LogP contribution in [0.2, 0.25) is 0 Å². The van der Waals surface area contributed by atoms with E-state index in [-0.39, 0.29) is 35.7 Å². The lowest BCUT2D eigenvalue weighted by atomic mass is 10.1. The summed E-state index contributed by atoms with van der Waals surface area (Å²) in [7, 11) is 0. The van der Waals surface area contributed by atoms with Gasteiger partial charge in [-0.25, -0.2) is 4.79 Å². The number of halogens is 4. The number of unbranched alkanes of at least 4 members (excludes halogenated alkanes) is 3. The van der Waals surface area contributed by atoms with Crippen LogP contribution in [0.25, 0.3) is 23.0 Å². The fraction of sp³-hybridized carbons (Fsp3) is 0.378. The fourth-order valence-electron chi connectivity index (χ4n) is 5.39. The predicted molar refractivity (Wildman–Crippen MR) is 265 cm³/mol. The van der Waals surface area contributed by atoms with Crippen molar-refractivity contribution in [1.29, 1.82) is 0 Å². The Bertz CT molecular complexity index is 2760. The molecule has 0 aliphatic rings. The number of furan rings is 2. The van der Waals surface area contributed by atoms with Crippen LogP contribution in [0.4, 0.5) is 30.2 Å². The molecule has 8 aromatic rings. The Morgan fingerprint density at radius 3 is 1.66 bits per heavy atom. The molecule has 0 fully saturated rings. The molecular weight excluding hydrogens is 1080 g/mol. The molecule has 394 valence electrons. The number of anilines is 1. The monoisotopic (exact) mass is 1140 g/mol. The SMILES string of the molecule is CCCCn1cc(CC(=O)c2cc(-c3ccco3)on2)cn1.CCCCn1cc(N)cn1.CCCCn1cc([N+](=O)[O-])cn1.FC(F)(F)CCCI.O=C(O)c1cc(-c2ccco2)on1.O=[N+]([O-])c1cn[nH]c1. The molecule has 8 heterocycles. The Balaban J connectivity index is 0.000000242. The number of aromatic amines is 1. The minimum absolute atomic E-state index is 0.00926. The molecule has 0 amide bonds. The molecule has 0 aliphatic carbocycles. The standard InChI is InChI=1S/C16H17N3O3.C8H5NO4.C7H11N3O2.C7H13N3.C4H6F3I.C3H3N3O2/c1-2-3-6-19-11-12(10-17-19)8-14(20)13-9-16(22-18-13)15-5-4-7-21-15;10-8(11)5-4-7(13-9-5)6-2-1-3-12-6;1-2-3-4-9-6-7(5-8-9)10(11)12;1-2-3-4-10-6-7(8)5-9-10;5-4(6,7)2-1-3-8;7-6(8)3-1-4-5-2-3/h4-5,7,9-11H,2-3,6,8H2,1H3;1-4H,(H,10,11);5-6H,2-4H2,1H3;5-6H,2-4,8H2,1H3;1-3H2;1-2H,(H,4,5). The normalized spacial score (nSPS) is 10.5. The second-order valence-corrected chi connectivity index (χ2v) is 16.1. The lowest BCUT2D eigenvalue weighted by Gasteiger charge is -2.01. The third-order valence-electron chi connectivity index (χ3n) is 9.10. The second-order valence-electron chi connectivity index (χ2n) is 15.1. The minimum Gasteiger partial charge on any atom is -0.476 e. The van der Waals surface area contributed by atoms with Crippen LogP contribution in [-0.4, -0.2) is 87.2 Å². The Morgan fingerprint density at radius 1 is 0.740 bits per heavy atom. The van der Waals surface area contributed by atoms with Gasteiger partial charge in [0.2, 0.25) is 11.5 Å². The van der Waals surface area contributed by atoms with Crippen LogP contribution in [0.1, 0.15) is 98.7 Å². The number of ketones is 1. The topological polar surface area (TPSA) is 327 Å². The van der Waals surface area contributed by atoms with E-state index in [1.165, 1.54) is 43.8 Å². The van der Waals surface area contributed by atoms with Gasteiger partial charge in [0.15, 0.2) is 28.7 Å². The van der Waals surface area contributed by atoms with Crippen molar-refractivity contribution in [3.63, 3.8) is 0 Å². The van der Waals surface area contributed by atoms with Crippen LogP contribution >= 0.6 is 22.6 Å². The Kier molecular flexibility index (Phi) is 26.1. The number of hydrogen-bond donors (Lipinski definition) is 3. The number of nitrogen functional groups attached to an aromatic ring is 1. The van der Waals surface area contributed by atoms with Crippen molar-refractivity contribution in [2.24, 2.45) is 0 Å². The van der Waals surface area contributed by atoms with Gasteiger partial charge in [0.1, 0.15) is 18.6 Å². The second kappa shape index (κ2) is 32.1. The molecule has 0 spiro atoms. The van der Waals surface area contributed by atoms with E-state index >= 15 is 0 Å². The van der Waals surface area contributed by atoms with Gasteiger partial charge in [-0.1, -0.05) is 72.9 Å². The van der Waals surface area contributed by atoms with Gasteiger partial charge in [0, 0.05) is 57.0 Å². The minimum atomic E-state index is -3.95. The number of nitro groups is 2. The van der Waals surface area contributed by atoms with Crippen molar-refractivity contribution >= 4 is 51.4 Å². The van der Waals surface area contributed by atoms with Crippen LogP contribution in [0.5, 0.6) is 0 Å². The number of nitrogens with zero attached hydrogens (tertiary/aromatic N) is 11. The number of alkyl halides is 4. The lowest BCUT2D eigenvalue weighted by molar-refractivity contribution is -0.385. The van der Waals surface area contributed by atoms with Crippen molar-refractivity contribution in [3.8, 4) is 23.0 Å². The van der Waals surface area contributed by atoms with Gasteiger partial charge in [-0.3, -0.25) is 44.2 Å². The number of Topliss-reactive ketones (excluding diaryl/α,β-unsaturated/α-hetero) is 1. The highest BCUT2D eigenvalue weighted by Gasteiger charge is 2.25. The number of carbonyl (C=O) groups excluding carboxylic acids is 1. The smallest absolute Gasteiger partial charge is 0.389 e. The van der Waals surface area contributed by atoms with E-state index < -0.39 is 28.4 Å². The number of H-pyrrole nitrogens is 1. The van der Waals surface area contributed by atoms with Gasteiger partial charge < -0.3 is 28.7 Å². The van der Waals surface area contributed by atoms with Crippen molar-refractivity contribution in [3.05, 3.63) is 136 Å². The number of rotatable bonds is 19. The molecule has 8 rings (SSSR count). The number of nitrogens with two attached hydrogens (primary N) is 1. The summed E-state index contributed by atoms with van der Waals surface area (Å²) >= 11 is 1.93. The quantitative estimate of drug-likeness (QED) is 0.0223. The maximum Gasteiger partial charge on any atom is 0.389 e. The van der Waals surface area contributed by atoms with Gasteiger partial charge in [0.05, 0.1) is 46.7 Å². The molecule has 0 saturated carbocycles. The maximum absolute atomic E-state index is 12.2. The number of aryl methyl sites for hydroxylation is 3. The summed E-state index contributed by atoms with van der Waals surface area (Å²) < 4.78 is 59.7. The van der Waals surface area contributed by atoms with E-state index in [9.17, 15) is 43.0 Å². The number of nitrogens with one attached hydrogen (secondary N) is 1. The summed E-state index contributed by atoms with van der Waals surface area (Å²) in [5.41, 5.74) is 7.31. The van der Waals surface area contributed by atoms with E-state index in [2.05, 4.69) is 56.6 Å². The molecule has 0 bridgehead atoms. The number of aromatic nitrogens is 10. The molecule has 0 unspecified atom stereocenters. The molecule has 24 nitrogen and oxygen atoms in total. The average Bonchev–Trinajstić information content (AvgIpc) is 4.20. The zero-order chi connectivity index (χ0) is 53.6. The van der Waals surface area contributed by atoms with Crippen LogP contribution in [0.3, 0.4) is 0 Å². The van der Waals surface area contributed by atoms with Crippen LogP contribution in [0.15, 0.2) is 116 Å². The molecule has 8 aromatic heterocycles. The average molecular weight is 1140 g/mol. The summed E-state index contributed by atoms with van der Waals surface area (Å²) in [4.78, 5) is 41.8. The highest BCUT2D eigenvalue weighted by atomic mass is 127. The summed E-state index contributed by atoms with van der Waals surface area (Å²) in [6.45, 7) is 8.97. The van der Waals surface area contributed by atoms with Gasteiger partial charge in [-0.15, -0.1) is 0 Å². The van der Waals surface area contributed by atoms with Crippen LogP contribution < -0.4 is 5.73 Å². The van der Waals surface area contributed by atoms with E-state index in [0.717, 1.165) is 62.8 Å². The van der Waals surface area contributed by atoms with E-state index in [4.69, 9.17) is 28.7 Å². The predicted octanol–water partition coefficient (Wildman–Crippen LogP) is 10.9. The number of carboxylic acids is 1. The van der Waals surface area contributed by atoms with E-state index in [0.29, 0.717) is 33.2 Å². The third kappa shape index (κ3) is 23.2. The first kappa shape index (κ1) is 59.4. The van der Waals surface area contributed by atoms with Gasteiger partial charge in [-0.05, 0) is 59.9 Å². The summed E-state index contributed by atoms with van der Waals surface area (Å²) in [5, 5.41) is 53.6. The molecule has 0 saturated heterocycles. The van der Waals surface area contributed by atoms with Crippen molar-refractivity contribution in [2.75, 3.05) is 10.2 Å². The van der Waals surface area contributed by atoms with Crippen LogP contribution in [-0.2, 0) is 26.1 Å². The number of carbonyl (C=O) groups is 2. The zero-order valence-electron chi connectivity index (χ0n) is 40.0. The molecule has 28 heteroatoms. The molecule has 73 heavy (non-hydrogen) atoms. The summed E-state index contributed by atoms with van der Waals surface area (Å²) in [5.74, 6) is 0.548. The fourth-order valence-corrected chi connectivity index (χ4v) is 5.77. The molecular formula is C45H55F3IN13O11. The first-order chi connectivity index (χ1) is 35.0. The Hall–Kier alpha value is -7.92. The number of carboxylic acid groups (broad SMARTS) is 1. The molecule has 0 atom stereocenters. The number of aromatic carboxylic acids is 1. The van der Waals surface area contributed by atoms with Crippen molar-refractivity contribution in [1.82, 2.24) is 49.9 Å². The Morgan fingerprint density at radius 2 is 1.26 bits per heavy atom. The largest absolute Gasteiger partial charge is 0.476 e. The van der Waals surface area contributed by atoms with Gasteiger partial charge in [0.25, 0.3) is 0 Å². The van der Waals surface area contributed by atoms with Crippen molar-refractivity contribution in [2.45, 2.75) is 104 Å². The molecule has 4 N–H and O–H groups in total. The molecule has 0 aromatic carbocycles. The zero-order valence-corrected chi connectivity index (χ0v) is 42.1. The molecule has 0 radical (unpaired) electrons. The van der Waals surface area contributed by atoms with Gasteiger partial charge >= 0.3 is 23.5 Å². The lowest BCUT2D eigenvalue weighted by Crippen LogP contribution is -2.06. The van der Waals surface area contributed by atoms with Crippen LogP contribution in [0, 0.1) is 20.2 Å². The van der Waals surface area contributed by atoms with Gasteiger partial charge in [-0.2, -0.15) is 33.6 Å².